The van der Waals surface area contributed by atoms with E-state index in [9.17, 15) is 4.21 Å². The third-order valence-electron chi connectivity index (χ3n) is 0.919. The van der Waals surface area contributed by atoms with Crippen LogP contribution in [-0.2, 0) is 11.1 Å². The first-order chi connectivity index (χ1) is 4.75. The molecule has 1 unspecified atom stereocenters. The first kappa shape index (κ1) is 7.41. The van der Waals surface area contributed by atoms with Crippen LogP contribution in [0.15, 0.2) is 16.3 Å². The van der Waals surface area contributed by atoms with E-state index < -0.39 is 11.1 Å². The minimum atomic E-state index is -2.02. The third-order valence-corrected chi connectivity index (χ3v) is 2.58. The molecule has 0 saturated carbocycles. The summed E-state index contributed by atoms with van der Waals surface area (Å²) in [6, 6.07) is 3.29. The molecule has 0 aliphatic rings. The molecule has 0 saturated heterocycles. The highest BCUT2D eigenvalue weighted by molar-refractivity contribution is 7.79. The fraction of sp³-hybridized carbons (Fsp3) is 0. The molecule has 0 spiro atoms. The topological polar surface area (TPSA) is 61.1 Å². The fourth-order valence-electron chi connectivity index (χ4n) is 0.517. The molecule has 0 aliphatic carbocycles. The summed E-state index contributed by atoms with van der Waals surface area (Å²) in [6.45, 7) is 0. The molecule has 0 aliphatic heterocycles. The molecule has 5 heteroatoms. The second kappa shape index (κ2) is 2.92. The molecule has 1 aromatic rings. The first-order valence-electron chi connectivity index (χ1n) is 2.34. The number of hydrogen-bond donors (Lipinski definition) is 1. The molecule has 0 aromatic carbocycles. The predicted molar refractivity (Wildman–Crippen MR) is 38.1 cm³/mol. The Labute approximate surface area is 64.2 Å². The van der Waals surface area contributed by atoms with E-state index >= 15 is 0 Å². The zero-order valence-corrected chi connectivity index (χ0v) is 6.41. The molecule has 1 aromatic heterocycles. The summed E-state index contributed by atoms with van der Waals surface area (Å²) in [5.74, 6) is 0. The van der Waals surface area contributed by atoms with Gasteiger partial charge in [0.2, 0.25) is 0 Å². The Balaban J connectivity index is 3.17. The second-order valence-corrected chi connectivity index (χ2v) is 3.33. The van der Waals surface area contributed by atoms with Crippen LogP contribution < -0.4 is 0 Å². The number of thiophene rings is 1. The van der Waals surface area contributed by atoms with Crippen molar-refractivity contribution >= 4 is 22.4 Å². The number of nitriles is 1. The van der Waals surface area contributed by atoms with Crippen molar-refractivity contribution in [1.82, 2.24) is 0 Å². The van der Waals surface area contributed by atoms with E-state index in [1.807, 2.05) is 6.07 Å². The van der Waals surface area contributed by atoms with Crippen molar-refractivity contribution in [2.45, 2.75) is 4.90 Å². The minimum absolute atomic E-state index is 0.201. The van der Waals surface area contributed by atoms with Crippen LogP contribution in [0.3, 0.4) is 0 Å². The third kappa shape index (κ3) is 1.24. The van der Waals surface area contributed by atoms with Crippen LogP contribution >= 0.6 is 11.3 Å². The van der Waals surface area contributed by atoms with Crippen LogP contribution in [0.25, 0.3) is 0 Å². The molecule has 1 rings (SSSR count). The molecule has 10 heavy (non-hydrogen) atoms. The smallest absolute Gasteiger partial charge is 0.188 e. The van der Waals surface area contributed by atoms with Crippen molar-refractivity contribution in [3.8, 4) is 6.07 Å². The first-order valence-corrected chi connectivity index (χ1v) is 4.33. The maximum Gasteiger partial charge on any atom is 0.188 e. The summed E-state index contributed by atoms with van der Waals surface area (Å²) in [5.41, 5.74) is 0. The van der Waals surface area contributed by atoms with E-state index in [1.54, 1.807) is 5.38 Å². The van der Waals surface area contributed by atoms with Gasteiger partial charge in [0.15, 0.2) is 11.1 Å². The molecule has 1 heterocycles. The van der Waals surface area contributed by atoms with Gasteiger partial charge in [-0.15, -0.1) is 11.3 Å². The van der Waals surface area contributed by atoms with E-state index in [0.717, 1.165) is 11.3 Å². The van der Waals surface area contributed by atoms with Gasteiger partial charge in [0.05, 0.1) is 4.90 Å². The summed E-state index contributed by atoms with van der Waals surface area (Å²) in [5, 5.41) is 9.98. The molecule has 52 valence electrons. The van der Waals surface area contributed by atoms with Gasteiger partial charge < -0.3 is 4.55 Å². The molecule has 1 N–H and O–H groups in total. The molecule has 0 radical (unpaired) electrons. The Morgan fingerprint density at radius 2 is 2.50 bits per heavy atom. The summed E-state index contributed by atoms with van der Waals surface area (Å²) in [6.07, 6.45) is 0. The number of hydrogen-bond acceptors (Lipinski definition) is 3. The lowest BCUT2D eigenvalue weighted by Crippen LogP contribution is -1.86. The van der Waals surface area contributed by atoms with Crippen LogP contribution in [0.4, 0.5) is 0 Å². The van der Waals surface area contributed by atoms with E-state index in [1.165, 1.54) is 6.07 Å². The highest BCUT2D eigenvalue weighted by Crippen LogP contribution is 2.17. The quantitative estimate of drug-likeness (QED) is 0.649. The zero-order chi connectivity index (χ0) is 7.56. The van der Waals surface area contributed by atoms with Gasteiger partial charge in [-0.25, -0.2) is 4.21 Å². The van der Waals surface area contributed by atoms with Gasteiger partial charge in [-0.1, -0.05) is 0 Å². The lowest BCUT2D eigenvalue weighted by Gasteiger charge is -1.85. The van der Waals surface area contributed by atoms with Crippen LogP contribution in [0, 0.1) is 11.3 Å². The molecule has 3 nitrogen and oxygen atoms in total. The predicted octanol–water partition coefficient (Wildman–Crippen LogP) is 1.20. The lowest BCUT2D eigenvalue weighted by atomic mass is 10.5. The highest BCUT2D eigenvalue weighted by Gasteiger charge is 2.07. The molecule has 0 fully saturated rings. The van der Waals surface area contributed by atoms with Gasteiger partial charge in [0, 0.05) is 0 Å². The monoisotopic (exact) mass is 173 g/mol. The maximum absolute atomic E-state index is 10.4. The van der Waals surface area contributed by atoms with Crippen LogP contribution in [0.2, 0.25) is 0 Å². The van der Waals surface area contributed by atoms with Crippen molar-refractivity contribution in [1.29, 1.82) is 5.26 Å². The Kier molecular flexibility index (Phi) is 2.17. The minimum Gasteiger partial charge on any atom is -0.302 e. The Morgan fingerprint density at radius 1 is 1.80 bits per heavy atom. The largest absolute Gasteiger partial charge is 0.302 e. The molecular formula is C5H3NO2S2. The molecule has 1 atom stereocenters. The highest BCUT2D eigenvalue weighted by atomic mass is 32.2. The lowest BCUT2D eigenvalue weighted by molar-refractivity contribution is 0.564. The average Bonchev–Trinajstić information content (AvgIpc) is 2.33. The van der Waals surface area contributed by atoms with Gasteiger partial charge in [-0.2, -0.15) is 5.26 Å². The van der Waals surface area contributed by atoms with Crippen LogP contribution in [0.1, 0.15) is 4.88 Å². The maximum atomic E-state index is 10.4. The van der Waals surface area contributed by atoms with Gasteiger partial charge >= 0.3 is 0 Å². The number of rotatable bonds is 1. The standard InChI is InChI=1S/C5H3NO2S2/c6-3-4-5(10(7)8)1-2-9-4/h1-2H,(H,7,8). The number of nitrogens with zero attached hydrogens (tertiary/aromatic N) is 1. The summed E-state index contributed by atoms with van der Waals surface area (Å²) in [4.78, 5) is 0.508. The average molecular weight is 173 g/mol. The van der Waals surface area contributed by atoms with E-state index in [2.05, 4.69) is 0 Å². The van der Waals surface area contributed by atoms with Gasteiger partial charge in [0.1, 0.15) is 10.9 Å². The zero-order valence-electron chi connectivity index (χ0n) is 4.77. The summed E-state index contributed by atoms with van der Waals surface area (Å²) in [7, 11) is 0. The summed E-state index contributed by atoms with van der Waals surface area (Å²) >= 11 is -0.858. The van der Waals surface area contributed by atoms with Crippen molar-refractivity contribution in [2.24, 2.45) is 0 Å². The SMILES string of the molecule is N#Cc1sccc1S(=O)O. The molecular weight excluding hydrogens is 170 g/mol. The van der Waals surface area contributed by atoms with E-state index in [4.69, 9.17) is 9.81 Å². The molecule has 0 amide bonds. The normalized spacial score (nSPS) is 12.4. The van der Waals surface area contributed by atoms with Gasteiger partial charge in [0.25, 0.3) is 0 Å². The van der Waals surface area contributed by atoms with Crippen molar-refractivity contribution in [3.63, 3.8) is 0 Å². The Hall–Kier alpha value is -0.700. The van der Waals surface area contributed by atoms with Crippen LogP contribution in [-0.4, -0.2) is 8.76 Å². The Bertz CT molecular complexity index is 299. The van der Waals surface area contributed by atoms with E-state index in [0.29, 0.717) is 4.88 Å². The van der Waals surface area contributed by atoms with Crippen molar-refractivity contribution < 1.29 is 8.76 Å². The van der Waals surface area contributed by atoms with Crippen LogP contribution in [0.5, 0.6) is 0 Å². The van der Waals surface area contributed by atoms with E-state index in [-0.39, 0.29) is 4.90 Å². The van der Waals surface area contributed by atoms with Crippen molar-refractivity contribution in [2.75, 3.05) is 0 Å². The van der Waals surface area contributed by atoms with Gasteiger partial charge in [-0.05, 0) is 11.4 Å². The van der Waals surface area contributed by atoms with Crippen molar-refractivity contribution in [3.05, 3.63) is 16.3 Å². The Morgan fingerprint density at radius 3 is 2.90 bits per heavy atom. The second-order valence-electron chi connectivity index (χ2n) is 1.47. The fourth-order valence-corrected chi connectivity index (χ4v) is 1.93. The summed E-state index contributed by atoms with van der Waals surface area (Å²) < 4.78 is 19.0. The van der Waals surface area contributed by atoms with Gasteiger partial charge in [-0.3, -0.25) is 0 Å². The molecule has 0 bridgehead atoms.